The molecule has 0 atom stereocenters. The molecule has 0 amide bonds. The fourth-order valence-corrected chi connectivity index (χ4v) is 1.05. The minimum atomic E-state index is -0.402. The van der Waals surface area contributed by atoms with Gasteiger partial charge in [0.15, 0.2) is 0 Å². The van der Waals surface area contributed by atoms with Crippen molar-refractivity contribution in [1.82, 2.24) is 0 Å². The van der Waals surface area contributed by atoms with Crippen LogP contribution in [0.1, 0.15) is 16.8 Å². The summed E-state index contributed by atoms with van der Waals surface area (Å²) in [4.78, 5) is 11.2. The van der Waals surface area contributed by atoms with Gasteiger partial charge in [0.05, 0.1) is 25.2 Å². The molecule has 0 heterocycles. The molecule has 0 fully saturated rings. The Hall–Kier alpha value is -2.02. The third-order valence-electron chi connectivity index (χ3n) is 1.74. The molecule has 0 saturated heterocycles. The van der Waals surface area contributed by atoms with Gasteiger partial charge in [-0.25, -0.2) is 4.79 Å². The molecule has 0 bridgehead atoms. The summed E-state index contributed by atoms with van der Waals surface area (Å²) in [6.45, 7) is 0.321. The average molecular weight is 205 g/mol. The minimum absolute atomic E-state index is 0.321. The van der Waals surface area contributed by atoms with Gasteiger partial charge in [0.25, 0.3) is 0 Å². The summed E-state index contributed by atoms with van der Waals surface area (Å²) in [6.07, 6.45) is 0.322. The Morgan fingerprint density at radius 2 is 2.33 bits per heavy atom. The first kappa shape index (κ1) is 11.1. The number of nitriles is 1. The van der Waals surface area contributed by atoms with Crippen LogP contribution in [0.4, 0.5) is 0 Å². The van der Waals surface area contributed by atoms with Gasteiger partial charge in [0.1, 0.15) is 12.4 Å². The lowest BCUT2D eigenvalue weighted by Crippen LogP contribution is -2.02. The molecule has 1 aromatic rings. The highest BCUT2D eigenvalue weighted by Crippen LogP contribution is 2.14. The Morgan fingerprint density at radius 3 is 3.00 bits per heavy atom. The summed E-state index contributed by atoms with van der Waals surface area (Å²) < 4.78 is 9.82. The number of hydrogen-bond donors (Lipinski definition) is 0. The number of benzene rings is 1. The second kappa shape index (κ2) is 5.66. The van der Waals surface area contributed by atoms with Crippen molar-refractivity contribution in [2.24, 2.45) is 0 Å². The van der Waals surface area contributed by atoms with E-state index in [2.05, 4.69) is 4.74 Å². The molecular weight excluding hydrogens is 194 g/mol. The molecule has 15 heavy (non-hydrogen) atoms. The summed E-state index contributed by atoms with van der Waals surface area (Å²) in [6, 6.07) is 8.63. The topological polar surface area (TPSA) is 59.3 Å². The molecular formula is C11H11NO3. The number of esters is 1. The largest absolute Gasteiger partial charge is 0.492 e. The normalized spacial score (nSPS) is 9.07. The van der Waals surface area contributed by atoms with Gasteiger partial charge in [-0.15, -0.1) is 0 Å². The molecule has 4 nitrogen and oxygen atoms in total. The quantitative estimate of drug-likeness (QED) is 0.555. The Labute approximate surface area is 88.0 Å². The molecule has 0 aliphatic rings. The molecule has 1 rings (SSSR count). The lowest BCUT2D eigenvalue weighted by atomic mass is 10.2. The maximum atomic E-state index is 11.2. The summed E-state index contributed by atoms with van der Waals surface area (Å²) >= 11 is 0. The third-order valence-corrected chi connectivity index (χ3v) is 1.74. The molecule has 0 aliphatic heterocycles. The van der Waals surface area contributed by atoms with Gasteiger partial charge in [-0.2, -0.15) is 5.26 Å². The monoisotopic (exact) mass is 205 g/mol. The van der Waals surface area contributed by atoms with E-state index < -0.39 is 5.97 Å². The summed E-state index contributed by atoms with van der Waals surface area (Å²) in [5, 5.41) is 8.32. The van der Waals surface area contributed by atoms with Gasteiger partial charge in [-0.1, -0.05) is 6.07 Å². The maximum Gasteiger partial charge on any atom is 0.337 e. The van der Waals surface area contributed by atoms with E-state index in [1.54, 1.807) is 24.3 Å². The van der Waals surface area contributed by atoms with Crippen LogP contribution in [-0.2, 0) is 4.74 Å². The van der Waals surface area contributed by atoms with Crippen LogP contribution in [0.5, 0.6) is 5.75 Å². The second-order valence-corrected chi connectivity index (χ2v) is 2.78. The predicted molar refractivity (Wildman–Crippen MR) is 53.5 cm³/mol. The van der Waals surface area contributed by atoms with Crippen LogP contribution in [0, 0.1) is 11.3 Å². The van der Waals surface area contributed by atoms with Crippen LogP contribution in [0.25, 0.3) is 0 Å². The number of methoxy groups -OCH3 is 1. The molecule has 0 saturated carbocycles. The van der Waals surface area contributed by atoms with Gasteiger partial charge >= 0.3 is 5.97 Å². The van der Waals surface area contributed by atoms with Gasteiger partial charge in [-0.05, 0) is 18.2 Å². The molecule has 1 aromatic carbocycles. The van der Waals surface area contributed by atoms with E-state index in [9.17, 15) is 4.79 Å². The van der Waals surface area contributed by atoms with Crippen molar-refractivity contribution in [1.29, 1.82) is 5.26 Å². The zero-order valence-corrected chi connectivity index (χ0v) is 8.40. The van der Waals surface area contributed by atoms with Crippen molar-refractivity contribution in [3.8, 4) is 11.8 Å². The van der Waals surface area contributed by atoms with Crippen molar-refractivity contribution >= 4 is 5.97 Å². The minimum Gasteiger partial charge on any atom is -0.492 e. The molecule has 0 aromatic heterocycles. The van der Waals surface area contributed by atoms with Gasteiger partial charge in [0, 0.05) is 0 Å². The molecule has 0 spiro atoms. The van der Waals surface area contributed by atoms with Crippen LogP contribution in [0.3, 0.4) is 0 Å². The molecule has 78 valence electrons. The fraction of sp³-hybridized carbons (Fsp3) is 0.273. The van der Waals surface area contributed by atoms with E-state index >= 15 is 0 Å². The highest BCUT2D eigenvalue weighted by atomic mass is 16.5. The van der Waals surface area contributed by atoms with Crippen molar-refractivity contribution in [2.45, 2.75) is 6.42 Å². The van der Waals surface area contributed by atoms with Crippen molar-refractivity contribution < 1.29 is 14.3 Å². The Morgan fingerprint density at radius 1 is 1.53 bits per heavy atom. The Bertz CT molecular complexity index is 382. The number of hydrogen-bond acceptors (Lipinski definition) is 4. The number of carbonyl (C=O) groups is 1. The summed E-state index contributed by atoms with van der Waals surface area (Å²) in [7, 11) is 1.32. The smallest absolute Gasteiger partial charge is 0.337 e. The molecule has 0 N–H and O–H groups in total. The van der Waals surface area contributed by atoms with E-state index in [-0.39, 0.29) is 0 Å². The average Bonchev–Trinajstić information content (AvgIpc) is 2.29. The molecule has 4 heteroatoms. The lowest BCUT2D eigenvalue weighted by Gasteiger charge is -2.04. The van der Waals surface area contributed by atoms with E-state index in [1.165, 1.54) is 7.11 Å². The van der Waals surface area contributed by atoms with Gasteiger partial charge in [0.2, 0.25) is 0 Å². The van der Waals surface area contributed by atoms with E-state index in [4.69, 9.17) is 10.00 Å². The summed E-state index contributed by atoms with van der Waals surface area (Å²) in [5.74, 6) is 0.161. The molecule has 0 aliphatic carbocycles. The van der Waals surface area contributed by atoms with Crippen LogP contribution in [0.2, 0.25) is 0 Å². The zero-order valence-electron chi connectivity index (χ0n) is 8.40. The SMILES string of the molecule is COC(=O)c1cccc(OCCC#N)c1. The first-order valence-electron chi connectivity index (χ1n) is 4.46. The van der Waals surface area contributed by atoms with Crippen LogP contribution in [0.15, 0.2) is 24.3 Å². The number of ether oxygens (including phenoxy) is 2. The number of nitrogens with zero attached hydrogens (tertiary/aromatic N) is 1. The van der Waals surface area contributed by atoms with Crippen molar-refractivity contribution in [3.05, 3.63) is 29.8 Å². The lowest BCUT2D eigenvalue weighted by molar-refractivity contribution is 0.0600. The van der Waals surface area contributed by atoms with Crippen molar-refractivity contribution in [2.75, 3.05) is 13.7 Å². The molecule has 0 radical (unpaired) electrons. The predicted octanol–water partition coefficient (Wildman–Crippen LogP) is 1.77. The highest BCUT2D eigenvalue weighted by Gasteiger charge is 2.05. The van der Waals surface area contributed by atoms with Crippen LogP contribution >= 0.6 is 0 Å². The second-order valence-electron chi connectivity index (χ2n) is 2.78. The number of rotatable bonds is 4. The van der Waals surface area contributed by atoms with E-state index in [0.29, 0.717) is 24.3 Å². The highest BCUT2D eigenvalue weighted by molar-refractivity contribution is 5.89. The Balaban J connectivity index is 2.66. The van der Waals surface area contributed by atoms with E-state index in [0.717, 1.165) is 0 Å². The fourth-order valence-electron chi connectivity index (χ4n) is 1.05. The first-order valence-corrected chi connectivity index (χ1v) is 4.46. The Kier molecular flexibility index (Phi) is 4.17. The molecule has 0 unspecified atom stereocenters. The zero-order chi connectivity index (χ0) is 11.1. The number of carbonyl (C=O) groups excluding carboxylic acids is 1. The van der Waals surface area contributed by atoms with Crippen molar-refractivity contribution in [3.63, 3.8) is 0 Å². The maximum absolute atomic E-state index is 11.2. The summed E-state index contributed by atoms with van der Waals surface area (Å²) in [5.41, 5.74) is 0.437. The van der Waals surface area contributed by atoms with Gasteiger partial charge < -0.3 is 9.47 Å². The third kappa shape index (κ3) is 3.31. The van der Waals surface area contributed by atoms with Crippen LogP contribution < -0.4 is 4.74 Å². The van der Waals surface area contributed by atoms with Crippen LogP contribution in [-0.4, -0.2) is 19.7 Å². The first-order chi connectivity index (χ1) is 7.27. The standard InChI is InChI=1S/C11H11NO3/c1-14-11(13)9-4-2-5-10(8-9)15-7-3-6-12/h2,4-5,8H,3,7H2,1H3. The van der Waals surface area contributed by atoms with Gasteiger partial charge in [-0.3, -0.25) is 0 Å². The van der Waals surface area contributed by atoms with E-state index in [1.807, 2.05) is 6.07 Å².